The number of nitrogens with zero attached hydrogens (tertiary/aromatic N) is 2. The van der Waals surface area contributed by atoms with Gasteiger partial charge in [0.15, 0.2) is 5.89 Å². The van der Waals surface area contributed by atoms with Crippen LogP contribution in [0.15, 0.2) is 10.6 Å². The van der Waals surface area contributed by atoms with Gasteiger partial charge < -0.3 is 9.52 Å². The zero-order chi connectivity index (χ0) is 11.5. The molecule has 1 aliphatic rings. The van der Waals surface area contributed by atoms with Crippen LogP contribution < -0.4 is 0 Å². The number of likely N-dealkylation sites (tertiary alicyclic amines) is 1. The zero-order valence-corrected chi connectivity index (χ0v) is 9.35. The summed E-state index contributed by atoms with van der Waals surface area (Å²) in [7, 11) is 0. The number of carbonyl (C=O) groups is 1. The van der Waals surface area contributed by atoms with Gasteiger partial charge in [0.05, 0.1) is 12.7 Å². The Balaban J connectivity index is 1.87. The number of carboxylic acids is 1. The fourth-order valence-corrected chi connectivity index (χ4v) is 2.09. The van der Waals surface area contributed by atoms with E-state index in [2.05, 4.69) is 4.98 Å². The van der Waals surface area contributed by atoms with Crippen LogP contribution in [0.5, 0.6) is 0 Å². The van der Waals surface area contributed by atoms with Crippen molar-refractivity contribution in [3.63, 3.8) is 0 Å². The van der Waals surface area contributed by atoms with Crippen LogP contribution in [0.4, 0.5) is 0 Å². The largest absolute Gasteiger partial charge is 0.480 e. The molecule has 5 nitrogen and oxygen atoms in total. The number of hydrogen-bond donors (Lipinski definition) is 1. The van der Waals surface area contributed by atoms with E-state index in [1.165, 1.54) is 0 Å². The third kappa shape index (κ3) is 2.61. The highest BCUT2D eigenvalue weighted by Gasteiger charge is 2.24. The average molecular weight is 224 g/mol. The molecule has 0 unspecified atom stereocenters. The predicted octanol–water partition coefficient (Wildman–Crippen LogP) is 1.25. The summed E-state index contributed by atoms with van der Waals surface area (Å²) in [5.74, 6) is 1.22. The molecule has 2 rings (SSSR count). The predicted molar refractivity (Wildman–Crippen MR) is 57.3 cm³/mol. The van der Waals surface area contributed by atoms with Crippen molar-refractivity contribution in [1.29, 1.82) is 0 Å². The summed E-state index contributed by atoms with van der Waals surface area (Å²) in [6, 6.07) is 0. The van der Waals surface area contributed by atoms with Gasteiger partial charge in [0.25, 0.3) is 0 Å². The molecule has 2 heterocycles. The van der Waals surface area contributed by atoms with Crippen LogP contribution in [0.25, 0.3) is 0 Å². The highest BCUT2D eigenvalue weighted by molar-refractivity contribution is 5.69. The molecule has 0 spiro atoms. The first-order chi connectivity index (χ1) is 7.65. The SMILES string of the molecule is Cc1cnc(C2CCN(CC(=O)O)CC2)o1. The van der Waals surface area contributed by atoms with Crippen LogP contribution in [0.1, 0.15) is 30.4 Å². The molecule has 88 valence electrons. The number of rotatable bonds is 3. The van der Waals surface area contributed by atoms with Crippen molar-refractivity contribution in [2.75, 3.05) is 19.6 Å². The lowest BCUT2D eigenvalue weighted by molar-refractivity contribution is -0.138. The first-order valence-electron chi connectivity index (χ1n) is 5.51. The Morgan fingerprint density at radius 3 is 2.81 bits per heavy atom. The molecule has 0 radical (unpaired) electrons. The molecule has 0 aliphatic carbocycles. The van der Waals surface area contributed by atoms with Crippen molar-refractivity contribution in [2.45, 2.75) is 25.7 Å². The minimum Gasteiger partial charge on any atom is -0.480 e. The maximum absolute atomic E-state index is 10.5. The number of hydrogen-bond acceptors (Lipinski definition) is 4. The van der Waals surface area contributed by atoms with E-state index in [1.807, 2.05) is 11.8 Å². The maximum atomic E-state index is 10.5. The van der Waals surface area contributed by atoms with Gasteiger partial charge in [-0.05, 0) is 32.9 Å². The summed E-state index contributed by atoms with van der Waals surface area (Å²) in [6.45, 7) is 3.63. The maximum Gasteiger partial charge on any atom is 0.317 e. The van der Waals surface area contributed by atoms with Crippen molar-refractivity contribution in [3.05, 3.63) is 17.8 Å². The molecule has 0 saturated carbocycles. The molecule has 0 aromatic carbocycles. The summed E-state index contributed by atoms with van der Waals surface area (Å²) >= 11 is 0. The van der Waals surface area contributed by atoms with E-state index in [0.717, 1.165) is 37.6 Å². The first-order valence-corrected chi connectivity index (χ1v) is 5.51. The standard InChI is InChI=1S/C11H16N2O3/c1-8-6-12-11(16-8)9-2-4-13(5-3-9)7-10(14)15/h6,9H,2-5,7H2,1H3,(H,14,15). The fourth-order valence-electron chi connectivity index (χ4n) is 2.09. The number of piperidine rings is 1. The van der Waals surface area contributed by atoms with E-state index in [9.17, 15) is 4.79 Å². The van der Waals surface area contributed by atoms with Gasteiger partial charge in [0, 0.05) is 5.92 Å². The van der Waals surface area contributed by atoms with E-state index < -0.39 is 5.97 Å². The minimum atomic E-state index is -0.759. The van der Waals surface area contributed by atoms with Crippen LogP contribution in [-0.2, 0) is 4.79 Å². The van der Waals surface area contributed by atoms with E-state index in [-0.39, 0.29) is 6.54 Å². The molecular formula is C11H16N2O3. The summed E-state index contributed by atoms with van der Waals surface area (Å²) in [4.78, 5) is 16.7. The van der Waals surface area contributed by atoms with E-state index in [4.69, 9.17) is 9.52 Å². The second-order valence-corrected chi connectivity index (χ2v) is 4.25. The van der Waals surface area contributed by atoms with Crippen molar-refractivity contribution < 1.29 is 14.3 Å². The van der Waals surface area contributed by atoms with E-state index >= 15 is 0 Å². The van der Waals surface area contributed by atoms with Crippen LogP contribution in [-0.4, -0.2) is 40.6 Å². The number of aromatic nitrogens is 1. The first kappa shape index (κ1) is 11.1. The molecule has 5 heteroatoms. The van der Waals surface area contributed by atoms with E-state index in [1.54, 1.807) is 6.20 Å². The summed E-state index contributed by atoms with van der Waals surface area (Å²) < 4.78 is 5.49. The molecule has 1 saturated heterocycles. The molecular weight excluding hydrogens is 208 g/mol. The molecule has 0 bridgehead atoms. The van der Waals surface area contributed by atoms with Crippen molar-refractivity contribution in [2.24, 2.45) is 0 Å². The summed E-state index contributed by atoms with van der Waals surface area (Å²) in [5.41, 5.74) is 0. The average Bonchev–Trinajstić information content (AvgIpc) is 2.65. The summed E-state index contributed by atoms with van der Waals surface area (Å²) in [6.07, 6.45) is 3.58. The lowest BCUT2D eigenvalue weighted by atomic mass is 9.97. The Morgan fingerprint density at radius 1 is 1.62 bits per heavy atom. The van der Waals surface area contributed by atoms with Gasteiger partial charge in [-0.1, -0.05) is 0 Å². The normalized spacial score (nSPS) is 18.8. The lowest BCUT2D eigenvalue weighted by Crippen LogP contribution is -2.36. The smallest absolute Gasteiger partial charge is 0.317 e. The van der Waals surface area contributed by atoms with Gasteiger partial charge in [0.1, 0.15) is 5.76 Å². The second-order valence-electron chi connectivity index (χ2n) is 4.25. The van der Waals surface area contributed by atoms with Gasteiger partial charge in [-0.15, -0.1) is 0 Å². The molecule has 1 fully saturated rings. The minimum absolute atomic E-state index is 0.136. The van der Waals surface area contributed by atoms with E-state index in [0.29, 0.717) is 5.92 Å². The number of oxazole rings is 1. The van der Waals surface area contributed by atoms with Gasteiger partial charge in [-0.25, -0.2) is 4.98 Å². The molecule has 1 aromatic rings. The topological polar surface area (TPSA) is 66.6 Å². The van der Waals surface area contributed by atoms with Crippen LogP contribution >= 0.6 is 0 Å². The number of carboxylic acid groups (broad SMARTS) is 1. The fraction of sp³-hybridized carbons (Fsp3) is 0.636. The monoisotopic (exact) mass is 224 g/mol. The highest BCUT2D eigenvalue weighted by atomic mass is 16.4. The highest BCUT2D eigenvalue weighted by Crippen LogP contribution is 2.27. The Morgan fingerprint density at radius 2 is 2.31 bits per heavy atom. The molecule has 0 atom stereocenters. The Hall–Kier alpha value is -1.36. The van der Waals surface area contributed by atoms with Crippen molar-refractivity contribution in [3.8, 4) is 0 Å². The molecule has 1 N–H and O–H groups in total. The third-order valence-corrected chi connectivity index (χ3v) is 2.93. The molecule has 16 heavy (non-hydrogen) atoms. The van der Waals surface area contributed by atoms with Crippen molar-refractivity contribution >= 4 is 5.97 Å². The van der Waals surface area contributed by atoms with Gasteiger partial charge in [-0.3, -0.25) is 9.69 Å². The van der Waals surface area contributed by atoms with Crippen LogP contribution in [0, 0.1) is 6.92 Å². The van der Waals surface area contributed by atoms with Crippen LogP contribution in [0.2, 0.25) is 0 Å². The number of aryl methyl sites for hydroxylation is 1. The summed E-state index contributed by atoms with van der Waals surface area (Å²) in [5, 5.41) is 8.68. The number of aliphatic carboxylic acids is 1. The van der Waals surface area contributed by atoms with Gasteiger partial charge >= 0.3 is 5.97 Å². The Bertz CT molecular complexity index is 367. The third-order valence-electron chi connectivity index (χ3n) is 2.93. The Kier molecular flexibility index (Phi) is 3.24. The molecule has 1 aliphatic heterocycles. The quantitative estimate of drug-likeness (QED) is 0.836. The Labute approximate surface area is 94.1 Å². The molecule has 1 aromatic heterocycles. The lowest BCUT2D eigenvalue weighted by Gasteiger charge is -2.29. The van der Waals surface area contributed by atoms with Crippen LogP contribution in [0.3, 0.4) is 0 Å². The second kappa shape index (κ2) is 4.65. The molecule has 0 amide bonds. The van der Waals surface area contributed by atoms with Gasteiger partial charge in [0.2, 0.25) is 0 Å². The van der Waals surface area contributed by atoms with Crippen molar-refractivity contribution in [1.82, 2.24) is 9.88 Å². The zero-order valence-electron chi connectivity index (χ0n) is 9.35. The van der Waals surface area contributed by atoms with Gasteiger partial charge in [-0.2, -0.15) is 0 Å².